The molecule has 1 unspecified atom stereocenters. The van der Waals surface area contributed by atoms with Gasteiger partial charge in [0.2, 0.25) is 0 Å². The molecule has 1 saturated heterocycles. The van der Waals surface area contributed by atoms with Crippen molar-refractivity contribution in [2.45, 2.75) is 43.9 Å². The van der Waals surface area contributed by atoms with Gasteiger partial charge in [-0.25, -0.2) is 0 Å². The van der Waals surface area contributed by atoms with E-state index in [0.29, 0.717) is 11.8 Å². The lowest BCUT2D eigenvalue weighted by molar-refractivity contribution is 0.204. The number of hydrogen-bond donors (Lipinski definition) is 0. The number of fused-ring (bicyclic) bond motifs is 1. The molecule has 2 heterocycles. The molecule has 1 atom stereocenters. The number of nitrogens with zero attached hydrogens (tertiary/aromatic N) is 1. The second-order valence-corrected chi connectivity index (χ2v) is 8.61. The third kappa shape index (κ3) is 5.09. The number of hydrogen-bond acceptors (Lipinski definition) is 5. The summed E-state index contributed by atoms with van der Waals surface area (Å²) in [6.45, 7) is 4.24. The average Bonchev–Trinajstić information content (AvgIpc) is 3.04. The summed E-state index contributed by atoms with van der Waals surface area (Å²) in [4.78, 5) is 2.63. The van der Waals surface area contributed by atoms with Crippen LogP contribution in [0, 0.1) is 0 Å². The van der Waals surface area contributed by atoms with Gasteiger partial charge in [0.25, 0.3) is 0 Å². The van der Waals surface area contributed by atoms with Crippen LogP contribution in [0.15, 0.2) is 36.4 Å². The molecule has 0 saturated carbocycles. The van der Waals surface area contributed by atoms with Gasteiger partial charge in [0.1, 0.15) is 11.5 Å². The van der Waals surface area contributed by atoms with Gasteiger partial charge in [-0.3, -0.25) is 0 Å². The Morgan fingerprint density at radius 3 is 2.45 bits per heavy atom. The Hall–Kier alpha value is -2.40. The smallest absolute Gasteiger partial charge is 0.160 e. The summed E-state index contributed by atoms with van der Waals surface area (Å²) < 4.78 is 22.3. The molecule has 2 aromatic rings. The second kappa shape index (κ2) is 10.3. The van der Waals surface area contributed by atoms with Crippen molar-refractivity contribution in [1.29, 1.82) is 0 Å². The lowest BCUT2D eigenvalue weighted by Gasteiger charge is -2.33. The molecule has 0 radical (unpaired) electrons. The normalized spacial score (nSPS) is 19.8. The van der Waals surface area contributed by atoms with E-state index in [9.17, 15) is 0 Å². The van der Waals surface area contributed by atoms with E-state index < -0.39 is 0 Å². The van der Waals surface area contributed by atoms with Crippen LogP contribution >= 0.6 is 0 Å². The summed E-state index contributed by atoms with van der Waals surface area (Å²) in [7, 11) is 5.12. The zero-order chi connectivity index (χ0) is 21.6. The molecule has 31 heavy (non-hydrogen) atoms. The number of rotatable bonds is 7. The fourth-order valence-corrected chi connectivity index (χ4v) is 5.01. The van der Waals surface area contributed by atoms with Crippen molar-refractivity contribution in [2.24, 2.45) is 0 Å². The first kappa shape index (κ1) is 21.8. The number of piperidine rings is 1. The van der Waals surface area contributed by atoms with Crippen molar-refractivity contribution in [3.8, 4) is 23.0 Å². The lowest BCUT2D eigenvalue weighted by atomic mass is 9.88. The van der Waals surface area contributed by atoms with E-state index in [0.717, 1.165) is 55.7 Å². The van der Waals surface area contributed by atoms with Crippen molar-refractivity contribution in [3.05, 3.63) is 47.5 Å². The molecule has 2 aliphatic rings. The molecule has 5 nitrogen and oxygen atoms in total. The van der Waals surface area contributed by atoms with E-state index in [1.807, 2.05) is 12.1 Å². The van der Waals surface area contributed by atoms with Crippen molar-refractivity contribution >= 4 is 0 Å². The minimum absolute atomic E-state index is 0.538. The maximum atomic E-state index is 5.98. The predicted octanol–water partition coefficient (Wildman–Crippen LogP) is 5.24. The summed E-state index contributed by atoms with van der Waals surface area (Å²) in [5.41, 5.74) is 2.68. The predicted molar refractivity (Wildman–Crippen MR) is 123 cm³/mol. The topological polar surface area (TPSA) is 40.2 Å². The van der Waals surface area contributed by atoms with E-state index in [1.54, 1.807) is 21.3 Å². The van der Waals surface area contributed by atoms with Gasteiger partial charge in [-0.15, -0.1) is 0 Å². The number of likely N-dealkylation sites (tertiary alicyclic amines) is 1. The zero-order valence-corrected chi connectivity index (χ0v) is 19.1. The van der Waals surface area contributed by atoms with Gasteiger partial charge in [-0.2, -0.15) is 0 Å². The first-order chi connectivity index (χ1) is 15.2. The molecule has 0 bridgehead atoms. The summed E-state index contributed by atoms with van der Waals surface area (Å²) in [5, 5.41) is 0. The van der Waals surface area contributed by atoms with E-state index in [1.165, 1.54) is 36.8 Å². The van der Waals surface area contributed by atoms with Crippen LogP contribution in [0.4, 0.5) is 0 Å². The molecule has 0 spiro atoms. The molecular weight excluding hydrogens is 390 g/mol. The monoisotopic (exact) mass is 425 g/mol. The molecular formula is C26H35NO4. The molecule has 5 heteroatoms. The Morgan fingerprint density at radius 2 is 1.71 bits per heavy atom. The maximum absolute atomic E-state index is 5.98. The Bertz CT molecular complexity index is 860. The highest BCUT2D eigenvalue weighted by atomic mass is 16.5. The van der Waals surface area contributed by atoms with Crippen LogP contribution in [0.5, 0.6) is 23.0 Å². The van der Waals surface area contributed by atoms with E-state index in [2.05, 4.69) is 29.2 Å². The molecule has 4 rings (SSSR count). The maximum Gasteiger partial charge on any atom is 0.160 e. The third-order valence-electron chi connectivity index (χ3n) is 6.87. The SMILES string of the molecule is COc1ccc2c(c1)C(CCN1CCC(c3ccc(OC)c(OC)c3)CC1)CCCO2. The van der Waals surface area contributed by atoms with Crippen LogP contribution < -0.4 is 18.9 Å². The Labute approximate surface area is 186 Å². The number of ether oxygens (including phenoxy) is 4. The fourth-order valence-electron chi connectivity index (χ4n) is 5.01. The van der Waals surface area contributed by atoms with Crippen LogP contribution in [0.25, 0.3) is 0 Å². The molecule has 168 valence electrons. The van der Waals surface area contributed by atoms with Gasteiger partial charge in [0.15, 0.2) is 11.5 Å². The standard InChI is InChI=1S/C26H35NO4/c1-28-22-7-9-24-23(18-22)20(5-4-16-31-24)12-15-27-13-10-19(11-14-27)21-6-8-25(29-2)26(17-21)30-3/h6-9,17-20H,4-5,10-16H2,1-3H3. The molecule has 2 aromatic carbocycles. The van der Waals surface area contributed by atoms with Crippen LogP contribution in [0.1, 0.15) is 55.1 Å². The van der Waals surface area contributed by atoms with E-state index >= 15 is 0 Å². The quantitative estimate of drug-likeness (QED) is 0.607. The van der Waals surface area contributed by atoms with Gasteiger partial charge < -0.3 is 23.8 Å². The number of methoxy groups -OCH3 is 3. The summed E-state index contributed by atoms with van der Waals surface area (Å²) in [6, 6.07) is 12.6. The average molecular weight is 426 g/mol. The summed E-state index contributed by atoms with van der Waals surface area (Å²) in [5.74, 6) is 4.71. The molecule has 0 aliphatic carbocycles. The molecule has 0 aromatic heterocycles. The first-order valence-corrected chi connectivity index (χ1v) is 11.5. The third-order valence-corrected chi connectivity index (χ3v) is 6.87. The Balaban J connectivity index is 1.34. The molecule has 0 amide bonds. The van der Waals surface area contributed by atoms with Gasteiger partial charge >= 0.3 is 0 Å². The summed E-state index contributed by atoms with van der Waals surface area (Å²) in [6.07, 6.45) is 5.84. The van der Waals surface area contributed by atoms with Gasteiger partial charge in [-0.05, 0) is 99.5 Å². The van der Waals surface area contributed by atoms with Gasteiger partial charge in [0.05, 0.1) is 27.9 Å². The van der Waals surface area contributed by atoms with Crippen molar-refractivity contribution in [3.63, 3.8) is 0 Å². The highest BCUT2D eigenvalue weighted by Gasteiger charge is 2.25. The minimum Gasteiger partial charge on any atom is -0.497 e. The van der Waals surface area contributed by atoms with Crippen molar-refractivity contribution in [2.75, 3.05) is 47.6 Å². The van der Waals surface area contributed by atoms with E-state index in [4.69, 9.17) is 18.9 Å². The first-order valence-electron chi connectivity index (χ1n) is 11.5. The Morgan fingerprint density at radius 1 is 0.903 bits per heavy atom. The number of benzene rings is 2. The lowest BCUT2D eigenvalue weighted by Crippen LogP contribution is -2.34. The highest BCUT2D eigenvalue weighted by Crippen LogP contribution is 2.39. The van der Waals surface area contributed by atoms with Crippen molar-refractivity contribution in [1.82, 2.24) is 4.90 Å². The van der Waals surface area contributed by atoms with Crippen LogP contribution in [-0.2, 0) is 0 Å². The Kier molecular flexibility index (Phi) is 7.23. The molecule has 2 aliphatic heterocycles. The van der Waals surface area contributed by atoms with Gasteiger partial charge in [-0.1, -0.05) is 6.07 Å². The van der Waals surface area contributed by atoms with Gasteiger partial charge in [0, 0.05) is 5.56 Å². The van der Waals surface area contributed by atoms with Crippen molar-refractivity contribution < 1.29 is 18.9 Å². The van der Waals surface area contributed by atoms with E-state index in [-0.39, 0.29) is 0 Å². The van der Waals surface area contributed by atoms with Crippen LogP contribution in [0.2, 0.25) is 0 Å². The van der Waals surface area contributed by atoms with Crippen LogP contribution in [0.3, 0.4) is 0 Å². The molecule has 0 N–H and O–H groups in total. The fraction of sp³-hybridized carbons (Fsp3) is 0.538. The highest BCUT2D eigenvalue weighted by molar-refractivity contribution is 5.44. The second-order valence-electron chi connectivity index (χ2n) is 8.61. The largest absolute Gasteiger partial charge is 0.497 e. The summed E-state index contributed by atoms with van der Waals surface area (Å²) >= 11 is 0. The molecule has 1 fully saturated rings. The van der Waals surface area contributed by atoms with Crippen LogP contribution in [-0.4, -0.2) is 52.5 Å². The minimum atomic E-state index is 0.538. The zero-order valence-electron chi connectivity index (χ0n) is 19.1.